The number of carbonyl (C=O) groups is 2. The summed E-state index contributed by atoms with van der Waals surface area (Å²) in [6.07, 6.45) is 59.7. The lowest BCUT2D eigenvalue weighted by molar-refractivity contribution is -0.161. The van der Waals surface area contributed by atoms with Gasteiger partial charge < -0.3 is 20.1 Å². The Morgan fingerprint density at radius 3 is 1.25 bits per heavy atom. The second kappa shape index (κ2) is 49.2. The summed E-state index contributed by atoms with van der Waals surface area (Å²) in [6, 6.07) is 0. The van der Waals surface area contributed by atoms with Crippen LogP contribution in [-0.2, 0) is 32.7 Å². The van der Waals surface area contributed by atoms with E-state index >= 15 is 0 Å². The largest absolute Gasteiger partial charge is 0.472 e. The third-order valence-electron chi connectivity index (χ3n) is 10.9. The monoisotopic (exact) mass is 906 g/mol. The Kier molecular flexibility index (Phi) is 47.4. The molecule has 0 fully saturated rings. The lowest BCUT2D eigenvalue weighted by Crippen LogP contribution is -2.29. The summed E-state index contributed by atoms with van der Waals surface area (Å²) in [6.45, 7) is 3.70. The summed E-state index contributed by atoms with van der Waals surface area (Å²) in [5.74, 6) is -0.843. The van der Waals surface area contributed by atoms with Crippen LogP contribution in [0, 0.1) is 0 Å². The molecule has 0 saturated heterocycles. The van der Waals surface area contributed by atoms with E-state index in [-0.39, 0.29) is 38.6 Å². The Morgan fingerprint density at radius 2 is 0.825 bits per heavy atom. The van der Waals surface area contributed by atoms with E-state index in [0.717, 1.165) is 77.0 Å². The SMILES string of the molecule is CCCCC/C=C\C/C=C\C/C=C\CCCCCCCCC(=O)OC(COC(=O)CCCCCCCCCCCCC/C=C\C/C=C\CCCCCCC)COP(=O)(O)OCCN. The van der Waals surface area contributed by atoms with Crippen LogP contribution in [0.4, 0.5) is 0 Å². The lowest BCUT2D eigenvalue weighted by atomic mass is 10.0. The van der Waals surface area contributed by atoms with Gasteiger partial charge in [-0.3, -0.25) is 18.6 Å². The van der Waals surface area contributed by atoms with Crippen molar-refractivity contribution in [3.8, 4) is 0 Å². The van der Waals surface area contributed by atoms with E-state index in [0.29, 0.717) is 6.42 Å². The summed E-state index contributed by atoms with van der Waals surface area (Å²) in [4.78, 5) is 35.1. The second-order valence-electron chi connectivity index (χ2n) is 17.0. The molecule has 0 aromatic heterocycles. The molecule has 0 spiro atoms. The molecule has 366 valence electrons. The highest BCUT2D eigenvalue weighted by Crippen LogP contribution is 2.43. The fourth-order valence-electron chi connectivity index (χ4n) is 7.03. The van der Waals surface area contributed by atoms with Crippen LogP contribution in [-0.4, -0.2) is 49.3 Å². The summed E-state index contributed by atoms with van der Waals surface area (Å²) in [7, 11) is -4.39. The minimum absolute atomic E-state index is 0.0487. The van der Waals surface area contributed by atoms with Crippen molar-refractivity contribution in [2.24, 2.45) is 5.73 Å². The van der Waals surface area contributed by atoms with E-state index in [1.54, 1.807) is 0 Å². The van der Waals surface area contributed by atoms with E-state index < -0.39 is 26.5 Å². The van der Waals surface area contributed by atoms with Crippen LogP contribution >= 0.6 is 7.82 Å². The zero-order valence-corrected chi connectivity index (χ0v) is 41.4. The molecule has 0 aliphatic carbocycles. The molecule has 0 amide bonds. The van der Waals surface area contributed by atoms with E-state index in [4.69, 9.17) is 24.3 Å². The number of hydrogen-bond acceptors (Lipinski definition) is 8. The maximum absolute atomic E-state index is 12.6. The fraction of sp³-hybridized carbons (Fsp3) is 0.774. The van der Waals surface area contributed by atoms with Crippen LogP contribution in [0.3, 0.4) is 0 Å². The Bertz CT molecular complexity index is 1220. The van der Waals surface area contributed by atoms with Gasteiger partial charge in [0.2, 0.25) is 0 Å². The van der Waals surface area contributed by atoms with E-state index in [1.807, 2.05) is 0 Å². The quantitative estimate of drug-likeness (QED) is 0.0265. The van der Waals surface area contributed by atoms with Gasteiger partial charge in [0.15, 0.2) is 6.10 Å². The predicted octanol–water partition coefficient (Wildman–Crippen LogP) is 15.6. The Balaban J connectivity index is 4.07. The molecule has 0 heterocycles. The van der Waals surface area contributed by atoms with Gasteiger partial charge in [-0.2, -0.15) is 0 Å². The average Bonchev–Trinajstić information content (AvgIpc) is 3.27. The van der Waals surface area contributed by atoms with Gasteiger partial charge in [0, 0.05) is 19.4 Å². The Hall–Kier alpha value is -2.29. The van der Waals surface area contributed by atoms with Crippen LogP contribution < -0.4 is 5.73 Å². The molecular formula is C53H96NO8P. The summed E-state index contributed by atoms with van der Waals surface area (Å²) < 4.78 is 32.9. The highest BCUT2D eigenvalue weighted by Gasteiger charge is 2.26. The lowest BCUT2D eigenvalue weighted by Gasteiger charge is -2.19. The van der Waals surface area contributed by atoms with Gasteiger partial charge in [-0.15, -0.1) is 0 Å². The number of phosphoric acid groups is 1. The van der Waals surface area contributed by atoms with Gasteiger partial charge in [-0.1, -0.05) is 197 Å². The van der Waals surface area contributed by atoms with Gasteiger partial charge in [-0.25, -0.2) is 4.57 Å². The van der Waals surface area contributed by atoms with Crippen LogP contribution in [0.25, 0.3) is 0 Å². The van der Waals surface area contributed by atoms with Crippen molar-refractivity contribution < 1.29 is 37.6 Å². The van der Waals surface area contributed by atoms with Crippen LogP contribution in [0.15, 0.2) is 60.8 Å². The number of rotatable bonds is 48. The van der Waals surface area contributed by atoms with E-state index in [1.165, 1.54) is 122 Å². The minimum atomic E-state index is -4.39. The molecule has 0 bridgehead atoms. The molecule has 0 aliphatic rings. The molecule has 0 rings (SSSR count). The number of allylic oxidation sites excluding steroid dienone is 10. The standard InChI is InChI=1S/C53H96NO8P/c1-3-5-7-9-11-13-15-17-19-21-23-24-25-26-28-29-31-33-35-37-39-41-43-45-52(55)59-49-51(50-61-63(57,58)60-48-47-54)62-53(56)46-44-42-40-38-36-34-32-30-27-22-20-18-16-14-12-10-8-6-4-2/h12,14-15,17-18,20-21,23,27,30,51H,3-11,13,16,19,22,24-26,28-29,31-50,54H2,1-2H3,(H,57,58)/b14-12-,17-15-,20-18-,23-21-,30-27-. The normalized spacial score (nSPS) is 13.7. The number of phosphoric ester groups is 1. The fourth-order valence-corrected chi connectivity index (χ4v) is 7.79. The van der Waals surface area contributed by atoms with E-state index in [2.05, 4.69) is 74.6 Å². The molecule has 2 unspecified atom stereocenters. The number of unbranched alkanes of at least 4 members (excludes halogenated alkanes) is 25. The zero-order chi connectivity index (χ0) is 46.0. The smallest absolute Gasteiger partial charge is 0.462 e. The van der Waals surface area contributed by atoms with Crippen molar-refractivity contribution >= 4 is 19.8 Å². The van der Waals surface area contributed by atoms with Crippen molar-refractivity contribution in [2.75, 3.05) is 26.4 Å². The third-order valence-corrected chi connectivity index (χ3v) is 11.9. The molecule has 0 radical (unpaired) electrons. The Labute approximate surface area is 387 Å². The zero-order valence-electron chi connectivity index (χ0n) is 40.6. The number of carbonyl (C=O) groups excluding carboxylic acids is 2. The van der Waals surface area contributed by atoms with Gasteiger partial charge >= 0.3 is 19.8 Å². The first-order valence-electron chi connectivity index (χ1n) is 25.8. The minimum Gasteiger partial charge on any atom is -0.462 e. The molecule has 0 saturated carbocycles. The number of hydrogen-bond donors (Lipinski definition) is 2. The average molecular weight is 906 g/mol. The molecule has 0 aromatic rings. The molecular weight excluding hydrogens is 810 g/mol. The molecule has 0 aliphatic heterocycles. The third kappa shape index (κ3) is 49.0. The summed E-state index contributed by atoms with van der Waals surface area (Å²) >= 11 is 0. The van der Waals surface area contributed by atoms with Gasteiger partial charge in [0.05, 0.1) is 13.2 Å². The summed E-state index contributed by atoms with van der Waals surface area (Å²) in [5, 5.41) is 0. The molecule has 63 heavy (non-hydrogen) atoms. The molecule has 0 aromatic carbocycles. The van der Waals surface area contributed by atoms with Gasteiger partial charge in [0.1, 0.15) is 6.61 Å². The number of esters is 2. The van der Waals surface area contributed by atoms with Crippen molar-refractivity contribution in [3.05, 3.63) is 60.8 Å². The second-order valence-corrected chi connectivity index (χ2v) is 18.5. The first-order valence-corrected chi connectivity index (χ1v) is 27.3. The first-order chi connectivity index (χ1) is 30.8. The topological polar surface area (TPSA) is 134 Å². The Morgan fingerprint density at radius 1 is 0.476 bits per heavy atom. The maximum atomic E-state index is 12.6. The number of nitrogens with two attached hydrogens (primary N) is 1. The van der Waals surface area contributed by atoms with Crippen molar-refractivity contribution in [1.82, 2.24) is 0 Å². The molecule has 9 nitrogen and oxygen atoms in total. The van der Waals surface area contributed by atoms with Crippen LogP contribution in [0.5, 0.6) is 0 Å². The molecule has 3 N–H and O–H groups in total. The number of ether oxygens (including phenoxy) is 2. The van der Waals surface area contributed by atoms with Gasteiger partial charge in [-0.05, 0) is 83.5 Å². The summed E-state index contributed by atoms with van der Waals surface area (Å²) in [5.41, 5.74) is 5.37. The highest BCUT2D eigenvalue weighted by molar-refractivity contribution is 7.47. The molecule has 2 atom stereocenters. The highest BCUT2D eigenvalue weighted by atomic mass is 31.2. The van der Waals surface area contributed by atoms with Crippen molar-refractivity contribution in [3.63, 3.8) is 0 Å². The van der Waals surface area contributed by atoms with Crippen molar-refractivity contribution in [1.29, 1.82) is 0 Å². The van der Waals surface area contributed by atoms with Gasteiger partial charge in [0.25, 0.3) is 0 Å². The first kappa shape index (κ1) is 60.7. The van der Waals surface area contributed by atoms with Crippen LogP contribution in [0.2, 0.25) is 0 Å². The van der Waals surface area contributed by atoms with E-state index in [9.17, 15) is 19.0 Å². The van der Waals surface area contributed by atoms with Crippen molar-refractivity contribution in [2.45, 2.75) is 238 Å². The molecule has 10 heteroatoms. The van der Waals surface area contributed by atoms with Crippen LogP contribution in [0.1, 0.15) is 232 Å². The maximum Gasteiger partial charge on any atom is 0.472 e. The predicted molar refractivity (Wildman–Crippen MR) is 266 cm³/mol.